The molecule has 0 aliphatic carbocycles. The number of amides is 2. The van der Waals surface area contributed by atoms with Crippen LogP contribution < -0.4 is 10.6 Å². The summed E-state index contributed by atoms with van der Waals surface area (Å²) in [6.07, 6.45) is 3.42. The van der Waals surface area contributed by atoms with Crippen LogP contribution >= 0.6 is 11.3 Å². The molecule has 24 heavy (non-hydrogen) atoms. The molecule has 0 radical (unpaired) electrons. The molecule has 0 atom stereocenters. The molecule has 0 bridgehead atoms. The van der Waals surface area contributed by atoms with Crippen LogP contribution in [0.15, 0.2) is 54.2 Å². The second-order valence-corrected chi connectivity index (χ2v) is 5.85. The van der Waals surface area contributed by atoms with Crippen LogP contribution in [0.4, 0.5) is 10.8 Å². The van der Waals surface area contributed by atoms with E-state index in [4.69, 9.17) is 0 Å². The number of hydrogen-bond acceptors (Lipinski definition) is 5. The maximum atomic E-state index is 12.2. The zero-order valence-corrected chi connectivity index (χ0v) is 13.6. The molecule has 124 valence electrons. The van der Waals surface area contributed by atoms with Gasteiger partial charge in [0.15, 0.2) is 5.13 Å². The van der Waals surface area contributed by atoms with E-state index >= 15 is 0 Å². The van der Waals surface area contributed by atoms with Gasteiger partial charge in [0.05, 0.1) is 5.69 Å². The number of pyridine rings is 1. The number of benzene rings is 1. The number of nitrogens with zero attached hydrogens (tertiary/aromatic N) is 2. The van der Waals surface area contributed by atoms with Crippen LogP contribution in [0.2, 0.25) is 0 Å². The van der Waals surface area contributed by atoms with E-state index in [9.17, 15) is 9.59 Å². The molecular formula is C17H18N4O2S. The molecule has 6 nitrogen and oxygen atoms in total. The van der Waals surface area contributed by atoms with Crippen molar-refractivity contribution in [2.75, 3.05) is 10.6 Å². The monoisotopic (exact) mass is 342 g/mol. The van der Waals surface area contributed by atoms with Gasteiger partial charge in [-0.3, -0.25) is 19.9 Å². The lowest BCUT2D eigenvalue weighted by Crippen LogP contribution is -2.12. The number of nitrogens with one attached hydrogen (secondary N) is 2. The molecule has 0 fully saturated rings. The normalized spacial score (nSPS) is 10.2. The van der Waals surface area contributed by atoms with Crippen LogP contribution in [0.1, 0.15) is 20.1 Å². The number of rotatable bonds is 4. The Bertz CT molecular complexity index is 870. The predicted octanol–water partition coefficient (Wildman–Crippen LogP) is 3.91. The van der Waals surface area contributed by atoms with Crippen LogP contribution in [0.25, 0.3) is 11.3 Å². The Morgan fingerprint density at radius 1 is 1.12 bits per heavy atom. The molecule has 0 spiro atoms. The molecule has 0 aliphatic rings. The summed E-state index contributed by atoms with van der Waals surface area (Å²) in [6.45, 7) is 1.43. The highest BCUT2D eigenvalue weighted by Crippen LogP contribution is 2.24. The van der Waals surface area contributed by atoms with E-state index in [0.29, 0.717) is 16.4 Å². The Hall–Kier alpha value is -3.06. The van der Waals surface area contributed by atoms with E-state index in [1.54, 1.807) is 36.7 Å². The summed E-state index contributed by atoms with van der Waals surface area (Å²) in [6, 6.07) is 10.4. The van der Waals surface area contributed by atoms with E-state index in [1.807, 2.05) is 17.5 Å². The van der Waals surface area contributed by atoms with Crippen LogP contribution in [-0.4, -0.2) is 21.8 Å². The fourth-order valence-corrected chi connectivity index (χ4v) is 2.77. The number of carbonyl (C=O) groups is 2. The molecular weight excluding hydrogens is 324 g/mol. The molecule has 0 unspecified atom stereocenters. The van der Waals surface area contributed by atoms with Crippen molar-refractivity contribution < 1.29 is 12.4 Å². The standard InChI is InChI=1S/C17H14N4O2S.2H2/c1-11(22)19-14-6-4-12(5-7-14)16(23)21-17-20-15(10-24-17)13-3-2-8-18-9-13;;/h2-10H,1H3,(H,19,22)(H,20,21,23);2*1H. The highest BCUT2D eigenvalue weighted by Gasteiger charge is 2.10. The van der Waals surface area contributed by atoms with E-state index < -0.39 is 0 Å². The van der Waals surface area contributed by atoms with Gasteiger partial charge in [-0.25, -0.2) is 4.98 Å². The SMILES string of the molecule is CC(=O)Nc1ccc(C(=O)Nc2nc(-c3cccnc3)cs2)cc1.[HH].[HH]. The first kappa shape index (κ1) is 15.8. The molecule has 1 aromatic carbocycles. The lowest BCUT2D eigenvalue weighted by molar-refractivity contribution is -0.114. The third kappa shape index (κ3) is 3.82. The van der Waals surface area contributed by atoms with Crippen molar-refractivity contribution in [3.05, 3.63) is 59.7 Å². The van der Waals surface area contributed by atoms with Crippen molar-refractivity contribution in [3.63, 3.8) is 0 Å². The van der Waals surface area contributed by atoms with Crippen LogP contribution in [0.5, 0.6) is 0 Å². The quantitative estimate of drug-likeness (QED) is 0.753. The zero-order valence-electron chi connectivity index (χ0n) is 12.8. The van der Waals surface area contributed by atoms with Gasteiger partial charge < -0.3 is 5.32 Å². The van der Waals surface area contributed by atoms with Gasteiger partial charge in [0, 0.05) is 44.4 Å². The van der Waals surface area contributed by atoms with Gasteiger partial charge in [-0.05, 0) is 36.4 Å². The molecule has 0 saturated heterocycles. The minimum atomic E-state index is -0.253. The average molecular weight is 342 g/mol. The molecule has 7 heteroatoms. The van der Waals surface area contributed by atoms with Crippen LogP contribution in [0.3, 0.4) is 0 Å². The number of hydrogen-bond donors (Lipinski definition) is 2. The fraction of sp³-hybridized carbons (Fsp3) is 0.0588. The molecule has 0 aliphatic heterocycles. The molecule has 0 saturated carbocycles. The lowest BCUT2D eigenvalue weighted by Gasteiger charge is -2.04. The minimum Gasteiger partial charge on any atom is -0.326 e. The topological polar surface area (TPSA) is 84.0 Å². The predicted molar refractivity (Wildman–Crippen MR) is 98.3 cm³/mol. The van der Waals surface area contributed by atoms with Crippen molar-refractivity contribution in [3.8, 4) is 11.3 Å². The van der Waals surface area contributed by atoms with E-state index in [0.717, 1.165) is 11.3 Å². The maximum absolute atomic E-state index is 12.2. The van der Waals surface area contributed by atoms with Gasteiger partial charge in [-0.15, -0.1) is 11.3 Å². The Balaban J connectivity index is 0.00000169. The maximum Gasteiger partial charge on any atom is 0.257 e. The Morgan fingerprint density at radius 3 is 2.58 bits per heavy atom. The van der Waals surface area contributed by atoms with Crippen LogP contribution in [-0.2, 0) is 4.79 Å². The van der Waals surface area contributed by atoms with E-state index in [1.165, 1.54) is 18.3 Å². The average Bonchev–Trinajstić information content (AvgIpc) is 3.04. The molecule has 3 aromatic rings. The number of thiazole rings is 1. The minimum absolute atomic E-state index is 0. The smallest absolute Gasteiger partial charge is 0.257 e. The van der Waals surface area contributed by atoms with Gasteiger partial charge >= 0.3 is 0 Å². The first-order valence-corrected chi connectivity index (χ1v) is 8.05. The highest BCUT2D eigenvalue weighted by atomic mass is 32.1. The third-order valence-electron chi connectivity index (χ3n) is 3.15. The summed E-state index contributed by atoms with van der Waals surface area (Å²) in [5.41, 5.74) is 2.80. The van der Waals surface area contributed by atoms with Crippen molar-refractivity contribution in [1.82, 2.24) is 9.97 Å². The van der Waals surface area contributed by atoms with Crippen LogP contribution in [0, 0.1) is 0 Å². The summed E-state index contributed by atoms with van der Waals surface area (Å²) >= 11 is 1.35. The summed E-state index contributed by atoms with van der Waals surface area (Å²) in [7, 11) is 0. The van der Waals surface area contributed by atoms with Gasteiger partial charge in [0.1, 0.15) is 0 Å². The fourth-order valence-electron chi connectivity index (χ4n) is 2.06. The molecule has 3 rings (SSSR count). The molecule has 2 amide bonds. The first-order valence-electron chi connectivity index (χ1n) is 7.17. The lowest BCUT2D eigenvalue weighted by atomic mass is 10.2. The second-order valence-electron chi connectivity index (χ2n) is 4.99. The van der Waals surface area contributed by atoms with E-state index in [2.05, 4.69) is 20.6 Å². The molecule has 2 heterocycles. The summed E-state index contributed by atoms with van der Waals surface area (Å²) in [5, 5.41) is 7.81. The third-order valence-corrected chi connectivity index (χ3v) is 3.91. The first-order chi connectivity index (χ1) is 11.6. The molecule has 2 N–H and O–H groups in total. The summed E-state index contributed by atoms with van der Waals surface area (Å²) < 4.78 is 0. The Labute approximate surface area is 145 Å². The Morgan fingerprint density at radius 2 is 1.92 bits per heavy atom. The summed E-state index contributed by atoms with van der Waals surface area (Å²) in [4.78, 5) is 31.7. The van der Waals surface area contributed by atoms with Gasteiger partial charge in [0.2, 0.25) is 5.91 Å². The van der Waals surface area contributed by atoms with Crippen molar-refractivity contribution in [2.45, 2.75) is 6.92 Å². The van der Waals surface area contributed by atoms with Crippen molar-refractivity contribution in [1.29, 1.82) is 0 Å². The van der Waals surface area contributed by atoms with E-state index in [-0.39, 0.29) is 14.7 Å². The zero-order chi connectivity index (χ0) is 16.9. The van der Waals surface area contributed by atoms with Crippen molar-refractivity contribution >= 4 is 34.0 Å². The van der Waals surface area contributed by atoms with Gasteiger partial charge in [0.25, 0.3) is 5.91 Å². The van der Waals surface area contributed by atoms with Gasteiger partial charge in [-0.1, -0.05) is 0 Å². The largest absolute Gasteiger partial charge is 0.326 e. The molecule has 2 aromatic heterocycles. The number of anilines is 2. The van der Waals surface area contributed by atoms with Gasteiger partial charge in [-0.2, -0.15) is 0 Å². The Kier molecular flexibility index (Phi) is 4.62. The van der Waals surface area contributed by atoms with Crippen molar-refractivity contribution in [2.24, 2.45) is 0 Å². The number of carbonyl (C=O) groups excluding carboxylic acids is 2. The summed E-state index contributed by atoms with van der Waals surface area (Å²) in [5.74, 6) is -0.408. The number of aromatic nitrogens is 2. The second kappa shape index (κ2) is 7.01. The highest BCUT2D eigenvalue weighted by molar-refractivity contribution is 7.14.